The summed E-state index contributed by atoms with van der Waals surface area (Å²) in [6, 6.07) is 42.8. The van der Waals surface area contributed by atoms with Crippen molar-refractivity contribution in [1.29, 1.82) is 0 Å². The average Bonchev–Trinajstić information content (AvgIpc) is 3.66. The molecule has 1 atom stereocenters. The molecule has 13 rings (SSSR count). The monoisotopic (exact) mass is 925 g/mol. The molecule has 7 aromatic rings. The van der Waals surface area contributed by atoms with Crippen LogP contribution in [0.15, 0.2) is 103 Å². The van der Waals surface area contributed by atoms with Gasteiger partial charge in [-0.25, -0.2) is 0 Å². The average molecular weight is 925 g/mol. The minimum Gasteiger partial charge on any atom is -0.311 e. The van der Waals surface area contributed by atoms with Gasteiger partial charge < -0.3 is 9.80 Å². The van der Waals surface area contributed by atoms with Crippen LogP contribution in [0.1, 0.15) is 180 Å². The van der Waals surface area contributed by atoms with Crippen molar-refractivity contribution in [3.05, 3.63) is 148 Å². The lowest BCUT2D eigenvalue weighted by Gasteiger charge is -2.48. The Bertz CT molecular complexity index is 3290. The zero-order chi connectivity index (χ0) is 48.7. The van der Waals surface area contributed by atoms with E-state index in [2.05, 4.69) is 217 Å². The molecule has 1 unspecified atom stereocenters. The number of benzene rings is 6. The summed E-state index contributed by atoms with van der Waals surface area (Å²) in [7, 11) is 0. The summed E-state index contributed by atoms with van der Waals surface area (Å²) in [5, 5.41) is 1.37. The third kappa shape index (κ3) is 6.76. The van der Waals surface area contributed by atoms with Crippen LogP contribution in [0.5, 0.6) is 0 Å². The molecule has 0 spiro atoms. The van der Waals surface area contributed by atoms with Crippen molar-refractivity contribution in [1.82, 2.24) is 0 Å². The molecule has 352 valence electrons. The van der Waals surface area contributed by atoms with Crippen molar-refractivity contribution in [2.45, 2.75) is 174 Å². The SMILES string of the molecule is CC1Cc2cc3c4c(c2)N(c2ccc(C(C)(C)C)cc2)c2c(sc5ccc(C(C)(C)C)cc25)B4c2cc4c(cc2N3c2cc3c(cc2-c2ccc1cc2)C(C)(C)CCC3(C)C)C(C)(C)CCC4(C)C. The molecule has 0 radical (unpaired) electrons. The molecule has 69 heavy (non-hydrogen) atoms. The summed E-state index contributed by atoms with van der Waals surface area (Å²) < 4.78 is 2.83. The number of thiophene rings is 1. The van der Waals surface area contributed by atoms with Crippen molar-refractivity contribution < 1.29 is 0 Å². The van der Waals surface area contributed by atoms with E-state index in [9.17, 15) is 0 Å². The van der Waals surface area contributed by atoms with E-state index in [0.29, 0.717) is 5.92 Å². The second-order valence-corrected chi connectivity index (χ2v) is 27.9. The maximum absolute atomic E-state index is 2.80. The Balaban J connectivity index is 1.26. The van der Waals surface area contributed by atoms with Crippen LogP contribution in [0.4, 0.5) is 34.1 Å². The minimum atomic E-state index is 0.0138. The van der Waals surface area contributed by atoms with Gasteiger partial charge in [-0.15, -0.1) is 11.3 Å². The molecule has 4 aliphatic heterocycles. The second kappa shape index (κ2) is 14.5. The van der Waals surface area contributed by atoms with Gasteiger partial charge in [0.05, 0.1) is 11.4 Å². The molecular weight excluding hydrogens is 852 g/mol. The number of hydrogen-bond donors (Lipinski definition) is 0. The number of rotatable bonds is 1. The van der Waals surface area contributed by atoms with E-state index in [1.807, 2.05) is 11.3 Å². The number of nitrogens with zero attached hydrogens (tertiary/aromatic N) is 2. The first-order chi connectivity index (χ1) is 32.3. The first-order valence-corrected chi connectivity index (χ1v) is 27.1. The molecule has 0 saturated carbocycles. The van der Waals surface area contributed by atoms with Gasteiger partial charge >= 0.3 is 0 Å². The molecule has 5 heterocycles. The van der Waals surface area contributed by atoms with Crippen LogP contribution in [0.25, 0.3) is 21.2 Å². The molecule has 4 bridgehead atoms. The smallest absolute Gasteiger partial charge is 0.264 e. The van der Waals surface area contributed by atoms with Gasteiger partial charge in [0, 0.05) is 43.2 Å². The van der Waals surface area contributed by atoms with E-state index in [1.54, 1.807) is 0 Å². The predicted octanol–water partition coefficient (Wildman–Crippen LogP) is 16.6. The summed E-state index contributed by atoms with van der Waals surface area (Å²) in [5.41, 5.74) is 25.4. The van der Waals surface area contributed by atoms with E-state index in [4.69, 9.17) is 0 Å². The first-order valence-electron chi connectivity index (χ1n) is 26.3. The zero-order valence-corrected chi connectivity index (χ0v) is 45.1. The Kier molecular flexibility index (Phi) is 9.50. The summed E-state index contributed by atoms with van der Waals surface area (Å²) in [6.45, 7) is 36.6. The summed E-state index contributed by atoms with van der Waals surface area (Å²) in [4.78, 5) is 5.51. The molecule has 0 amide bonds. The number of anilines is 6. The van der Waals surface area contributed by atoms with Crippen LogP contribution in [0.3, 0.4) is 0 Å². The quantitative estimate of drug-likeness (QED) is 0.151. The van der Waals surface area contributed by atoms with Gasteiger partial charge in [0.15, 0.2) is 0 Å². The molecule has 6 aliphatic rings. The molecule has 1 aromatic heterocycles. The Morgan fingerprint density at radius 3 is 1.64 bits per heavy atom. The second-order valence-electron chi connectivity index (χ2n) is 26.9. The molecular formula is C65H73BN2S. The highest BCUT2D eigenvalue weighted by molar-refractivity contribution is 7.33. The van der Waals surface area contributed by atoms with Gasteiger partial charge in [-0.3, -0.25) is 0 Å². The topological polar surface area (TPSA) is 6.48 Å². The van der Waals surface area contributed by atoms with Crippen LogP contribution in [0.2, 0.25) is 0 Å². The third-order valence-electron chi connectivity index (χ3n) is 18.1. The fraction of sp³-hybridized carbons (Fsp3) is 0.415. The first kappa shape index (κ1) is 45.1. The standard InChI is InChI=1S/C65H73BN2S/c1-38-30-39-31-54-57-55(32-39)68(52-36-49-47(62(8,9)26-28-64(49,12)13)34-45(52)41-18-16-40(38)17-19-41)53-37-50-48(63(10,11)27-29-65(50,14)15)35-51(53)66(57)59-58(46-33-43(61(5,6)7)22-25-56(46)69-59)67(54)44-23-20-42(21-24-44)60(2,3)4/h16-25,31-38H,26-30H2,1-15H3. The number of fused-ring (bicyclic) bond motifs is 11. The van der Waals surface area contributed by atoms with Crippen LogP contribution in [-0.2, 0) is 38.9 Å². The lowest BCUT2D eigenvalue weighted by Crippen LogP contribution is -2.61. The predicted molar refractivity (Wildman–Crippen MR) is 301 cm³/mol. The summed E-state index contributed by atoms with van der Waals surface area (Å²) in [6.07, 6.45) is 5.67. The zero-order valence-electron chi connectivity index (χ0n) is 44.3. The van der Waals surface area contributed by atoms with E-state index >= 15 is 0 Å². The van der Waals surface area contributed by atoms with E-state index < -0.39 is 0 Å². The Labute approximate surface area is 418 Å². The van der Waals surface area contributed by atoms with Crippen molar-refractivity contribution >= 4 is 78.0 Å². The maximum atomic E-state index is 2.80. The van der Waals surface area contributed by atoms with Gasteiger partial charge in [0.1, 0.15) is 0 Å². The van der Waals surface area contributed by atoms with E-state index in [1.165, 1.54) is 141 Å². The van der Waals surface area contributed by atoms with Gasteiger partial charge in [-0.2, -0.15) is 0 Å². The summed E-state index contributed by atoms with van der Waals surface area (Å²) in [5.74, 6) is 0.344. The van der Waals surface area contributed by atoms with Crippen LogP contribution < -0.4 is 25.5 Å². The Morgan fingerprint density at radius 2 is 1.06 bits per heavy atom. The largest absolute Gasteiger partial charge is 0.311 e. The minimum absolute atomic E-state index is 0.0138. The van der Waals surface area contributed by atoms with Crippen LogP contribution in [0, 0.1) is 0 Å². The molecule has 6 aromatic carbocycles. The normalized spacial score (nSPS) is 20.0. The van der Waals surface area contributed by atoms with Gasteiger partial charge in [0.25, 0.3) is 6.71 Å². The fourth-order valence-corrected chi connectivity index (χ4v) is 14.6. The van der Waals surface area contributed by atoms with Crippen molar-refractivity contribution in [2.24, 2.45) is 0 Å². The lowest BCUT2D eigenvalue weighted by molar-refractivity contribution is 0.332. The molecule has 0 N–H and O–H groups in total. The lowest BCUT2D eigenvalue weighted by atomic mass is 9.35. The van der Waals surface area contributed by atoms with Crippen LogP contribution >= 0.6 is 11.3 Å². The Morgan fingerprint density at radius 1 is 0.536 bits per heavy atom. The molecule has 0 fully saturated rings. The van der Waals surface area contributed by atoms with E-state index in [-0.39, 0.29) is 39.2 Å². The van der Waals surface area contributed by atoms with E-state index in [0.717, 1.165) is 6.42 Å². The Hall–Kier alpha value is -5.06. The molecule has 2 aliphatic carbocycles. The van der Waals surface area contributed by atoms with Gasteiger partial charge in [0.2, 0.25) is 0 Å². The van der Waals surface area contributed by atoms with Crippen LogP contribution in [-0.4, -0.2) is 6.71 Å². The summed E-state index contributed by atoms with van der Waals surface area (Å²) >= 11 is 2.04. The molecule has 0 saturated heterocycles. The fourth-order valence-electron chi connectivity index (χ4n) is 13.3. The molecule has 4 heteroatoms. The van der Waals surface area contributed by atoms with Crippen molar-refractivity contribution in [3.8, 4) is 11.1 Å². The van der Waals surface area contributed by atoms with Crippen molar-refractivity contribution in [3.63, 3.8) is 0 Å². The highest BCUT2D eigenvalue weighted by Crippen LogP contribution is 2.56. The number of hydrogen-bond acceptors (Lipinski definition) is 3. The van der Waals surface area contributed by atoms with Gasteiger partial charge in [-0.05, 0) is 186 Å². The highest BCUT2D eigenvalue weighted by Gasteiger charge is 2.49. The maximum Gasteiger partial charge on any atom is 0.264 e. The third-order valence-corrected chi connectivity index (χ3v) is 19.3. The van der Waals surface area contributed by atoms with Crippen molar-refractivity contribution in [2.75, 3.05) is 9.80 Å². The molecule has 2 nitrogen and oxygen atoms in total. The van der Waals surface area contributed by atoms with Gasteiger partial charge in [-0.1, -0.05) is 152 Å². The highest BCUT2D eigenvalue weighted by atomic mass is 32.1.